The zero-order chi connectivity index (χ0) is 24.8. The first-order chi connectivity index (χ1) is 16.2. The molecule has 7 heteroatoms. The van der Waals surface area contributed by atoms with Crippen molar-refractivity contribution in [2.45, 2.75) is 77.2 Å². The van der Waals surface area contributed by atoms with Crippen LogP contribution < -0.4 is 14.8 Å². The summed E-state index contributed by atoms with van der Waals surface area (Å²) in [5.74, 6) is 1.22. The molecule has 0 heterocycles. The second-order valence-corrected chi connectivity index (χ2v) is 9.86. The van der Waals surface area contributed by atoms with Crippen molar-refractivity contribution in [3.63, 3.8) is 0 Å². The lowest BCUT2D eigenvalue weighted by Gasteiger charge is -2.30. The molecule has 1 amide bonds. The summed E-state index contributed by atoms with van der Waals surface area (Å²) in [5, 5.41) is 24.7. The minimum atomic E-state index is -0.957. The number of aliphatic hydroxyl groups is 2. The van der Waals surface area contributed by atoms with E-state index >= 15 is 0 Å². The number of nitrogens with one attached hydrogen (secondary N) is 1. The molecule has 6 nitrogen and oxygen atoms in total. The van der Waals surface area contributed by atoms with Crippen LogP contribution >= 0.6 is 11.6 Å². The normalized spacial score (nSPS) is 20.0. The summed E-state index contributed by atoms with van der Waals surface area (Å²) in [4.78, 5) is 13.0. The molecule has 0 spiro atoms. The lowest BCUT2D eigenvalue weighted by atomic mass is 9.83. The minimum absolute atomic E-state index is 0.0830. The Kier molecular flexibility index (Phi) is 9.23. The van der Waals surface area contributed by atoms with E-state index in [0.29, 0.717) is 39.1 Å². The van der Waals surface area contributed by atoms with Crippen molar-refractivity contribution < 1.29 is 24.5 Å². The highest BCUT2D eigenvalue weighted by Crippen LogP contribution is 2.37. The van der Waals surface area contributed by atoms with E-state index in [1.165, 1.54) is 0 Å². The Morgan fingerprint density at radius 2 is 1.71 bits per heavy atom. The Labute approximate surface area is 207 Å². The molecule has 0 bridgehead atoms. The van der Waals surface area contributed by atoms with Gasteiger partial charge >= 0.3 is 0 Å². The fraction of sp³-hybridized carbons (Fsp3) is 0.519. The van der Waals surface area contributed by atoms with Gasteiger partial charge in [-0.25, -0.2) is 0 Å². The van der Waals surface area contributed by atoms with Gasteiger partial charge in [0.25, 0.3) is 0 Å². The van der Waals surface area contributed by atoms with Crippen molar-refractivity contribution in [2.24, 2.45) is 5.92 Å². The van der Waals surface area contributed by atoms with Crippen LogP contribution in [0.1, 0.15) is 69.2 Å². The molecule has 1 aliphatic rings. The molecule has 2 unspecified atom stereocenters. The summed E-state index contributed by atoms with van der Waals surface area (Å²) in [5.41, 5.74) is 1.93. The van der Waals surface area contributed by atoms with Crippen LogP contribution in [0.2, 0.25) is 5.02 Å². The molecule has 1 aliphatic carbocycles. The molecule has 1 fully saturated rings. The first kappa shape index (κ1) is 26.3. The molecule has 34 heavy (non-hydrogen) atoms. The number of carbonyl (C=O) groups excluding carboxylic acids is 1. The van der Waals surface area contributed by atoms with Gasteiger partial charge in [-0.3, -0.25) is 4.79 Å². The van der Waals surface area contributed by atoms with Crippen molar-refractivity contribution in [1.82, 2.24) is 5.32 Å². The molecule has 0 saturated heterocycles. The van der Waals surface area contributed by atoms with Gasteiger partial charge in [0.15, 0.2) is 11.5 Å². The number of hydrogen-bond acceptors (Lipinski definition) is 5. The summed E-state index contributed by atoms with van der Waals surface area (Å²) >= 11 is 6.02. The summed E-state index contributed by atoms with van der Waals surface area (Å²) < 4.78 is 11.4. The maximum atomic E-state index is 13.0. The van der Waals surface area contributed by atoms with Gasteiger partial charge in [-0.15, -0.1) is 0 Å². The lowest BCUT2D eigenvalue weighted by molar-refractivity contribution is -0.121. The number of aliphatic hydroxyl groups excluding tert-OH is 2. The number of halogens is 1. The summed E-state index contributed by atoms with van der Waals surface area (Å²) in [6.45, 7) is 5.67. The molecule has 2 atom stereocenters. The van der Waals surface area contributed by atoms with Crippen molar-refractivity contribution in [2.75, 3.05) is 7.11 Å². The topological polar surface area (TPSA) is 88.0 Å². The molecule has 0 aliphatic heterocycles. The number of carbonyl (C=O) groups is 1. The van der Waals surface area contributed by atoms with E-state index in [0.717, 1.165) is 25.7 Å². The van der Waals surface area contributed by atoms with Crippen molar-refractivity contribution >= 4 is 17.5 Å². The molecular formula is C27H36ClNO5. The van der Waals surface area contributed by atoms with E-state index in [2.05, 4.69) is 5.32 Å². The van der Waals surface area contributed by atoms with E-state index in [1.807, 2.05) is 20.8 Å². The van der Waals surface area contributed by atoms with E-state index in [4.69, 9.17) is 21.1 Å². The number of ether oxygens (including phenoxy) is 2. The van der Waals surface area contributed by atoms with Gasteiger partial charge in [0.05, 0.1) is 25.7 Å². The van der Waals surface area contributed by atoms with Gasteiger partial charge in [-0.05, 0) is 93.3 Å². The number of methoxy groups -OCH3 is 1. The number of hydrogen-bond donors (Lipinski definition) is 3. The highest BCUT2D eigenvalue weighted by molar-refractivity contribution is 6.30. The largest absolute Gasteiger partial charge is 0.493 e. The quantitative estimate of drug-likeness (QED) is 0.470. The van der Waals surface area contributed by atoms with Crippen LogP contribution in [0.15, 0.2) is 36.4 Å². The van der Waals surface area contributed by atoms with Gasteiger partial charge < -0.3 is 25.0 Å². The van der Waals surface area contributed by atoms with Crippen molar-refractivity contribution in [1.29, 1.82) is 0 Å². The van der Waals surface area contributed by atoms with E-state index in [1.54, 1.807) is 43.5 Å². The Balaban J connectivity index is 1.84. The highest BCUT2D eigenvalue weighted by atomic mass is 35.5. The smallest absolute Gasteiger partial charge is 0.224 e. The Hall–Kier alpha value is -2.28. The molecule has 3 rings (SSSR count). The average molecular weight is 490 g/mol. The van der Waals surface area contributed by atoms with Gasteiger partial charge in [0.2, 0.25) is 5.91 Å². The standard InChI is InChI=1S/C27H36ClNO5/c1-16(2)34-25-15-23(27(32)19-5-9-21(28)10-6-19)20(13-24(25)33-4)14-26(31)29-22-11-7-18(8-12-22)17(3)30/h5-6,9-10,13,15-18,22,27,30,32H,7-8,11-12,14H2,1-4H3,(H,29,31). The third-order valence-corrected chi connectivity index (χ3v) is 6.69. The van der Waals surface area contributed by atoms with Crippen LogP contribution in [0, 0.1) is 5.92 Å². The van der Waals surface area contributed by atoms with Crippen LogP contribution in [-0.4, -0.2) is 41.5 Å². The number of amides is 1. The van der Waals surface area contributed by atoms with Gasteiger partial charge in [-0.1, -0.05) is 23.7 Å². The zero-order valence-corrected chi connectivity index (χ0v) is 21.1. The van der Waals surface area contributed by atoms with E-state index < -0.39 is 6.10 Å². The van der Waals surface area contributed by atoms with Gasteiger partial charge in [-0.2, -0.15) is 0 Å². The molecular weight excluding hydrogens is 454 g/mol. The van der Waals surface area contributed by atoms with E-state index in [-0.39, 0.29) is 30.6 Å². The summed E-state index contributed by atoms with van der Waals surface area (Å²) in [7, 11) is 1.56. The average Bonchev–Trinajstić information content (AvgIpc) is 2.79. The minimum Gasteiger partial charge on any atom is -0.493 e. The van der Waals surface area contributed by atoms with Gasteiger partial charge in [0, 0.05) is 11.1 Å². The van der Waals surface area contributed by atoms with Crippen LogP contribution in [-0.2, 0) is 11.2 Å². The molecule has 0 radical (unpaired) electrons. The van der Waals surface area contributed by atoms with Crippen LogP contribution in [0.4, 0.5) is 0 Å². The van der Waals surface area contributed by atoms with E-state index in [9.17, 15) is 15.0 Å². The SMILES string of the molecule is COc1cc(CC(=O)NC2CCC(C(C)O)CC2)c(C(O)c2ccc(Cl)cc2)cc1OC(C)C. The Morgan fingerprint density at radius 1 is 1.06 bits per heavy atom. The molecule has 0 aromatic heterocycles. The molecule has 2 aromatic rings. The summed E-state index contributed by atoms with van der Waals surface area (Å²) in [6.07, 6.45) is 2.26. The summed E-state index contributed by atoms with van der Waals surface area (Å²) in [6, 6.07) is 10.6. The number of benzene rings is 2. The molecule has 3 N–H and O–H groups in total. The zero-order valence-electron chi connectivity index (χ0n) is 20.4. The highest BCUT2D eigenvalue weighted by Gasteiger charge is 2.26. The Morgan fingerprint density at radius 3 is 2.26 bits per heavy atom. The first-order valence-electron chi connectivity index (χ1n) is 12.0. The lowest BCUT2D eigenvalue weighted by Crippen LogP contribution is -2.39. The predicted octanol–water partition coefficient (Wildman–Crippen LogP) is 4.82. The maximum Gasteiger partial charge on any atom is 0.224 e. The van der Waals surface area contributed by atoms with Crippen molar-refractivity contribution in [3.05, 3.63) is 58.1 Å². The van der Waals surface area contributed by atoms with Gasteiger partial charge in [0.1, 0.15) is 6.10 Å². The third kappa shape index (κ3) is 6.87. The molecule has 186 valence electrons. The van der Waals surface area contributed by atoms with Crippen LogP contribution in [0.5, 0.6) is 11.5 Å². The maximum absolute atomic E-state index is 13.0. The molecule has 1 saturated carbocycles. The second-order valence-electron chi connectivity index (χ2n) is 9.42. The Bertz CT molecular complexity index is 952. The fourth-order valence-electron chi connectivity index (χ4n) is 4.55. The monoisotopic (exact) mass is 489 g/mol. The third-order valence-electron chi connectivity index (χ3n) is 6.44. The number of rotatable bonds is 9. The fourth-order valence-corrected chi connectivity index (χ4v) is 4.68. The second kappa shape index (κ2) is 11.9. The first-order valence-corrected chi connectivity index (χ1v) is 12.3. The predicted molar refractivity (Wildman–Crippen MR) is 134 cm³/mol. The van der Waals surface area contributed by atoms with Crippen LogP contribution in [0.25, 0.3) is 0 Å². The molecule has 2 aromatic carbocycles. The van der Waals surface area contributed by atoms with Crippen molar-refractivity contribution in [3.8, 4) is 11.5 Å². The van der Waals surface area contributed by atoms with Crippen LogP contribution in [0.3, 0.4) is 0 Å².